The van der Waals surface area contributed by atoms with Crippen LogP contribution in [-0.4, -0.2) is 23.5 Å². The molecule has 2 N–H and O–H groups in total. The Kier molecular flexibility index (Phi) is 4.98. The number of carbonyl (C=O) groups is 1. The van der Waals surface area contributed by atoms with Gasteiger partial charge in [-0.05, 0) is 48.9 Å². The van der Waals surface area contributed by atoms with Gasteiger partial charge in [0.1, 0.15) is 5.75 Å². The van der Waals surface area contributed by atoms with Gasteiger partial charge in [-0.25, -0.2) is 0 Å². The van der Waals surface area contributed by atoms with E-state index in [2.05, 4.69) is 15.0 Å². The summed E-state index contributed by atoms with van der Waals surface area (Å²) >= 11 is 0. The van der Waals surface area contributed by atoms with E-state index in [1.807, 2.05) is 18.2 Å². The van der Waals surface area contributed by atoms with Crippen molar-refractivity contribution in [3.8, 4) is 5.75 Å². The second kappa shape index (κ2) is 7.58. The van der Waals surface area contributed by atoms with Gasteiger partial charge in [0.05, 0.1) is 0 Å². The molecule has 2 aliphatic rings. The molecule has 1 saturated carbocycles. The van der Waals surface area contributed by atoms with Crippen molar-refractivity contribution in [3.63, 3.8) is 0 Å². The maximum absolute atomic E-state index is 12.5. The van der Waals surface area contributed by atoms with Crippen LogP contribution in [0.4, 0.5) is 8.78 Å². The topological polar surface area (TPSA) is 71.2 Å². The van der Waals surface area contributed by atoms with Gasteiger partial charge in [-0.1, -0.05) is 24.3 Å². The molecule has 4 rings (SSSR count). The Labute approximate surface area is 160 Å². The van der Waals surface area contributed by atoms with E-state index in [0.29, 0.717) is 24.5 Å². The molecule has 5 nitrogen and oxygen atoms in total. The largest absolute Gasteiger partial charge is 0.435 e. The molecule has 0 radical (unpaired) electrons. The highest BCUT2D eigenvalue weighted by atomic mass is 19.3. The Morgan fingerprint density at radius 1 is 1.07 bits per heavy atom. The molecule has 1 saturated heterocycles. The van der Waals surface area contributed by atoms with Crippen LogP contribution in [0.15, 0.2) is 47.3 Å². The molecule has 1 aromatic carbocycles. The number of nitrogens with one attached hydrogen (secondary N) is 2. The normalized spacial score (nSPS) is 19.8. The maximum atomic E-state index is 12.5. The van der Waals surface area contributed by atoms with Crippen LogP contribution in [0.5, 0.6) is 5.75 Å². The lowest BCUT2D eigenvalue weighted by Gasteiger charge is -2.13. The van der Waals surface area contributed by atoms with Crippen molar-refractivity contribution in [3.05, 3.63) is 69.6 Å². The van der Waals surface area contributed by atoms with E-state index in [4.69, 9.17) is 0 Å². The number of aromatic amines is 1. The van der Waals surface area contributed by atoms with Gasteiger partial charge >= 0.3 is 6.61 Å². The highest BCUT2D eigenvalue weighted by Crippen LogP contribution is 2.38. The molecule has 0 spiro atoms. The van der Waals surface area contributed by atoms with Gasteiger partial charge in [0, 0.05) is 29.3 Å². The van der Waals surface area contributed by atoms with Gasteiger partial charge in [0.15, 0.2) is 0 Å². The van der Waals surface area contributed by atoms with Crippen molar-refractivity contribution in [2.24, 2.45) is 0 Å². The van der Waals surface area contributed by atoms with Crippen molar-refractivity contribution in [1.29, 1.82) is 0 Å². The minimum atomic E-state index is -2.89. The number of hydrogen-bond acceptors (Lipinski definition) is 3. The molecule has 0 bridgehead atoms. The van der Waals surface area contributed by atoms with Gasteiger partial charge in [-0.2, -0.15) is 8.78 Å². The first-order valence-electron chi connectivity index (χ1n) is 9.29. The quantitative estimate of drug-likeness (QED) is 0.797. The lowest BCUT2D eigenvalue weighted by atomic mass is 9.98. The third kappa shape index (κ3) is 4.13. The first kappa shape index (κ1) is 18.4. The molecule has 0 unspecified atom stereocenters. The molecule has 2 fully saturated rings. The summed E-state index contributed by atoms with van der Waals surface area (Å²) in [5.74, 6) is 0.383. The van der Waals surface area contributed by atoms with Crippen molar-refractivity contribution in [1.82, 2.24) is 10.3 Å². The summed E-state index contributed by atoms with van der Waals surface area (Å²) in [6.07, 6.45) is 5.08. The summed E-state index contributed by atoms with van der Waals surface area (Å²) in [4.78, 5) is 27.0. The van der Waals surface area contributed by atoms with Gasteiger partial charge in [0.2, 0.25) is 5.91 Å². The number of benzene rings is 1. The fourth-order valence-electron chi connectivity index (χ4n) is 3.48. The Bertz CT molecular complexity index is 962. The van der Waals surface area contributed by atoms with Crippen LogP contribution in [-0.2, 0) is 4.79 Å². The van der Waals surface area contributed by atoms with Crippen LogP contribution in [0.3, 0.4) is 0 Å². The number of alkyl halides is 2. The predicted molar refractivity (Wildman–Crippen MR) is 100 cm³/mol. The van der Waals surface area contributed by atoms with Crippen LogP contribution in [0, 0.1) is 0 Å². The summed E-state index contributed by atoms with van der Waals surface area (Å²) in [6, 6.07) is 9.80. The molecule has 2 aromatic rings. The zero-order valence-electron chi connectivity index (χ0n) is 15.1. The molecule has 1 amide bonds. The fraction of sp³-hybridized carbons (Fsp3) is 0.333. The number of H-pyrrole nitrogens is 1. The summed E-state index contributed by atoms with van der Waals surface area (Å²) in [5, 5.41) is 2.88. The minimum Gasteiger partial charge on any atom is -0.435 e. The van der Waals surface area contributed by atoms with Crippen LogP contribution < -0.4 is 15.6 Å². The summed E-state index contributed by atoms with van der Waals surface area (Å²) in [5.41, 5.74) is 2.77. The molecule has 1 aliphatic heterocycles. The van der Waals surface area contributed by atoms with E-state index in [9.17, 15) is 18.4 Å². The van der Waals surface area contributed by atoms with Crippen LogP contribution in [0.25, 0.3) is 5.57 Å². The number of carbonyl (C=O) groups excluding carboxylic acids is 1. The lowest BCUT2D eigenvalue weighted by molar-refractivity contribution is -0.119. The summed E-state index contributed by atoms with van der Waals surface area (Å²) < 4.78 is 29.2. The monoisotopic (exact) mass is 386 g/mol. The molecule has 1 aliphatic carbocycles. The Morgan fingerprint density at radius 3 is 2.39 bits per heavy atom. The van der Waals surface area contributed by atoms with E-state index in [0.717, 1.165) is 29.5 Å². The standard InChI is InChI=1S/C21H20F2N2O3/c22-21(23)28-15-6-3-13(4-7-15)17(11-14-5-10-19(26)24-14)18-9-8-16(12-1-2-12)20(27)25-18/h3-4,6-9,11-12,14,21H,1-2,5,10H2,(H,24,26)(H,25,27)/b17-11+/t14-/m1/s1. The molecule has 1 aromatic heterocycles. The summed E-state index contributed by atoms with van der Waals surface area (Å²) in [7, 11) is 0. The third-order valence-electron chi connectivity index (χ3n) is 5.03. The zero-order chi connectivity index (χ0) is 19.7. The number of pyridine rings is 1. The SMILES string of the molecule is O=C1CC[C@H](/C=C(\c2ccc(OC(F)F)cc2)c2ccc(C3CC3)c(=O)[nH]2)N1. The maximum Gasteiger partial charge on any atom is 0.387 e. The molecular formula is C21H20F2N2O3. The Hall–Kier alpha value is -2.96. The van der Waals surface area contributed by atoms with Crippen LogP contribution in [0.2, 0.25) is 0 Å². The molecule has 146 valence electrons. The molecule has 28 heavy (non-hydrogen) atoms. The van der Waals surface area contributed by atoms with Crippen molar-refractivity contribution >= 4 is 11.5 Å². The highest BCUT2D eigenvalue weighted by molar-refractivity contribution is 5.82. The highest BCUT2D eigenvalue weighted by Gasteiger charge is 2.26. The predicted octanol–water partition coefficient (Wildman–Crippen LogP) is 3.56. The second-order valence-corrected chi connectivity index (χ2v) is 7.13. The van der Waals surface area contributed by atoms with Gasteiger partial charge in [0.25, 0.3) is 5.56 Å². The average molecular weight is 386 g/mol. The van der Waals surface area contributed by atoms with Crippen molar-refractivity contribution in [2.45, 2.75) is 44.3 Å². The smallest absolute Gasteiger partial charge is 0.387 e. The second-order valence-electron chi connectivity index (χ2n) is 7.13. The number of ether oxygens (including phenoxy) is 1. The molecular weight excluding hydrogens is 366 g/mol. The Morgan fingerprint density at radius 2 is 1.82 bits per heavy atom. The first-order valence-corrected chi connectivity index (χ1v) is 9.29. The van der Waals surface area contributed by atoms with E-state index in [-0.39, 0.29) is 23.3 Å². The van der Waals surface area contributed by atoms with Crippen LogP contribution >= 0.6 is 0 Å². The first-order chi connectivity index (χ1) is 13.5. The number of halogens is 2. The van der Waals surface area contributed by atoms with E-state index < -0.39 is 6.61 Å². The van der Waals surface area contributed by atoms with Crippen LogP contribution in [0.1, 0.15) is 48.4 Å². The van der Waals surface area contributed by atoms with E-state index >= 15 is 0 Å². The average Bonchev–Trinajstić information content (AvgIpc) is 3.41. The van der Waals surface area contributed by atoms with E-state index in [1.165, 1.54) is 12.1 Å². The third-order valence-corrected chi connectivity index (χ3v) is 5.03. The molecule has 7 heteroatoms. The number of amides is 1. The number of rotatable bonds is 6. The number of hydrogen-bond donors (Lipinski definition) is 2. The van der Waals surface area contributed by atoms with Gasteiger partial charge in [-0.15, -0.1) is 0 Å². The van der Waals surface area contributed by atoms with Gasteiger partial charge in [-0.3, -0.25) is 9.59 Å². The van der Waals surface area contributed by atoms with E-state index in [1.54, 1.807) is 12.1 Å². The summed E-state index contributed by atoms with van der Waals surface area (Å²) in [6.45, 7) is -2.89. The van der Waals surface area contributed by atoms with Crippen molar-refractivity contribution in [2.75, 3.05) is 0 Å². The molecule has 2 heterocycles. The molecule has 1 atom stereocenters. The number of aromatic nitrogens is 1. The Balaban J connectivity index is 1.69. The minimum absolute atomic E-state index is 0.0149. The van der Waals surface area contributed by atoms with Crippen molar-refractivity contribution < 1.29 is 18.3 Å². The fourth-order valence-corrected chi connectivity index (χ4v) is 3.48. The zero-order valence-corrected chi connectivity index (χ0v) is 15.1. The lowest BCUT2D eigenvalue weighted by Crippen LogP contribution is -2.23. The van der Waals surface area contributed by atoms with Gasteiger partial charge < -0.3 is 15.0 Å².